The Kier molecular flexibility index (Phi) is 4.48. The van der Waals surface area contributed by atoms with Crippen LogP contribution in [0.3, 0.4) is 0 Å². The highest BCUT2D eigenvalue weighted by Crippen LogP contribution is 2.21. The molecule has 1 aliphatic heterocycles. The summed E-state index contributed by atoms with van der Waals surface area (Å²) in [6.45, 7) is 3.81. The summed E-state index contributed by atoms with van der Waals surface area (Å²) in [6.07, 6.45) is 2.27. The average molecular weight is 327 g/mol. The predicted octanol–water partition coefficient (Wildman–Crippen LogP) is 1.53. The molecular formula is C13H17N3O3S2. The Morgan fingerprint density at radius 1 is 1.52 bits per heavy atom. The summed E-state index contributed by atoms with van der Waals surface area (Å²) in [5, 5.41) is 4.60. The number of hydrogen-bond acceptors (Lipinski definition) is 4. The minimum absolute atomic E-state index is 0.0291. The van der Waals surface area contributed by atoms with E-state index in [0.717, 1.165) is 10.7 Å². The van der Waals surface area contributed by atoms with E-state index in [1.165, 1.54) is 24.5 Å². The van der Waals surface area contributed by atoms with Crippen molar-refractivity contribution in [3.63, 3.8) is 0 Å². The molecule has 21 heavy (non-hydrogen) atoms. The van der Waals surface area contributed by atoms with E-state index >= 15 is 0 Å². The van der Waals surface area contributed by atoms with Gasteiger partial charge in [-0.05, 0) is 30.9 Å². The van der Waals surface area contributed by atoms with Gasteiger partial charge in [0.1, 0.15) is 5.70 Å². The third kappa shape index (κ3) is 3.33. The van der Waals surface area contributed by atoms with Crippen LogP contribution >= 0.6 is 11.3 Å². The molecule has 0 radical (unpaired) electrons. The lowest BCUT2D eigenvalue weighted by Crippen LogP contribution is -2.41. The van der Waals surface area contributed by atoms with Gasteiger partial charge in [0.05, 0.1) is 10.6 Å². The Balaban J connectivity index is 2.39. The monoisotopic (exact) mass is 327 g/mol. The summed E-state index contributed by atoms with van der Waals surface area (Å²) < 4.78 is 28.8. The van der Waals surface area contributed by atoms with E-state index in [1.54, 1.807) is 12.1 Å². The molecule has 1 aromatic heterocycles. The summed E-state index contributed by atoms with van der Waals surface area (Å²) in [5.74, 6) is -0.417. The molecule has 0 aromatic carbocycles. The van der Waals surface area contributed by atoms with Crippen molar-refractivity contribution in [3.05, 3.63) is 34.2 Å². The fourth-order valence-electron chi connectivity index (χ4n) is 1.71. The van der Waals surface area contributed by atoms with E-state index in [0.29, 0.717) is 4.88 Å². The zero-order valence-electron chi connectivity index (χ0n) is 12.0. The molecule has 1 aromatic rings. The summed E-state index contributed by atoms with van der Waals surface area (Å²) >= 11 is 1.37. The van der Waals surface area contributed by atoms with Gasteiger partial charge >= 0.3 is 10.2 Å². The van der Waals surface area contributed by atoms with Crippen molar-refractivity contribution in [1.82, 2.24) is 9.62 Å². The Labute approximate surface area is 128 Å². The quantitative estimate of drug-likeness (QED) is 0.911. The minimum atomic E-state index is -3.87. The molecule has 0 aliphatic carbocycles. The highest BCUT2D eigenvalue weighted by Gasteiger charge is 2.30. The first-order valence-electron chi connectivity index (χ1n) is 6.50. The molecule has 0 bridgehead atoms. The van der Waals surface area contributed by atoms with E-state index < -0.39 is 16.1 Å². The summed E-state index contributed by atoms with van der Waals surface area (Å²) in [6, 6.07) is 3.55. The van der Waals surface area contributed by atoms with Crippen molar-refractivity contribution in [2.75, 3.05) is 7.05 Å². The molecule has 1 amide bonds. The second-order valence-corrected chi connectivity index (χ2v) is 7.29. The van der Waals surface area contributed by atoms with Crippen LogP contribution in [0, 0.1) is 0 Å². The van der Waals surface area contributed by atoms with Crippen molar-refractivity contribution >= 4 is 33.2 Å². The largest absolute Gasteiger partial charge is 0.348 e. The van der Waals surface area contributed by atoms with Crippen LogP contribution in [-0.2, 0) is 15.0 Å². The number of likely N-dealkylation sites (N-methyl/N-ethyl adjacent to an activating group) is 1. The lowest BCUT2D eigenvalue weighted by molar-refractivity contribution is -0.119. The molecule has 0 fully saturated rings. The number of amides is 1. The normalized spacial score (nSPS) is 18.7. The number of carbonyl (C=O) groups excluding carboxylic acids is 1. The standard InChI is InChI=1S/C13H17N3O3S2/c1-4-9(2)14-13(17)11-8-10(12-6-5-7-20-12)15-21(18,19)16(11)3/h5-9H,4H2,1-3H3,(H,14,17). The van der Waals surface area contributed by atoms with Crippen molar-refractivity contribution in [1.29, 1.82) is 0 Å². The zero-order valence-corrected chi connectivity index (χ0v) is 13.7. The van der Waals surface area contributed by atoms with Crippen LogP contribution < -0.4 is 5.32 Å². The van der Waals surface area contributed by atoms with Gasteiger partial charge in [-0.25, -0.2) is 4.31 Å². The molecule has 1 atom stereocenters. The molecule has 8 heteroatoms. The number of carbonyl (C=O) groups is 1. The van der Waals surface area contributed by atoms with Crippen LogP contribution in [0.2, 0.25) is 0 Å². The topological polar surface area (TPSA) is 78.8 Å². The molecule has 0 saturated carbocycles. The molecule has 0 spiro atoms. The average Bonchev–Trinajstić information content (AvgIpc) is 2.95. The predicted molar refractivity (Wildman–Crippen MR) is 83.5 cm³/mol. The van der Waals surface area contributed by atoms with Gasteiger partial charge in [-0.1, -0.05) is 13.0 Å². The van der Waals surface area contributed by atoms with Gasteiger partial charge in [-0.2, -0.15) is 8.42 Å². The van der Waals surface area contributed by atoms with Gasteiger partial charge in [0, 0.05) is 13.1 Å². The number of rotatable bonds is 4. The van der Waals surface area contributed by atoms with Crippen LogP contribution in [0.1, 0.15) is 25.1 Å². The SMILES string of the molecule is CCC(C)NC(=O)C1=CC(c2cccs2)=NS(=O)(=O)N1C. The van der Waals surface area contributed by atoms with Crippen molar-refractivity contribution in [2.45, 2.75) is 26.3 Å². The van der Waals surface area contributed by atoms with Gasteiger partial charge in [-0.3, -0.25) is 4.79 Å². The molecule has 2 heterocycles. The fraction of sp³-hybridized carbons (Fsp3) is 0.385. The third-order valence-corrected chi connectivity index (χ3v) is 5.38. The van der Waals surface area contributed by atoms with Gasteiger partial charge in [0.15, 0.2) is 0 Å². The lowest BCUT2D eigenvalue weighted by Gasteiger charge is -2.24. The summed E-state index contributed by atoms with van der Waals surface area (Å²) in [5.41, 5.74) is 0.367. The maximum absolute atomic E-state index is 12.2. The zero-order chi connectivity index (χ0) is 15.6. The van der Waals surface area contributed by atoms with Crippen molar-refractivity contribution in [2.24, 2.45) is 4.40 Å². The van der Waals surface area contributed by atoms with Crippen molar-refractivity contribution < 1.29 is 13.2 Å². The van der Waals surface area contributed by atoms with Crippen LogP contribution in [0.5, 0.6) is 0 Å². The molecule has 1 aliphatic rings. The maximum Gasteiger partial charge on any atom is 0.345 e. The van der Waals surface area contributed by atoms with E-state index in [9.17, 15) is 13.2 Å². The first-order chi connectivity index (χ1) is 9.85. The Morgan fingerprint density at radius 2 is 2.24 bits per heavy atom. The molecule has 114 valence electrons. The first-order valence-corrected chi connectivity index (χ1v) is 8.78. The highest BCUT2D eigenvalue weighted by molar-refractivity contribution is 7.88. The van der Waals surface area contributed by atoms with Crippen LogP contribution in [0.4, 0.5) is 0 Å². The Bertz CT molecular complexity index is 690. The second-order valence-electron chi connectivity index (χ2n) is 4.71. The summed E-state index contributed by atoms with van der Waals surface area (Å²) in [4.78, 5) is 13.0. The number of allylic oxidation sites excluding steroid dienone is 1. The van der Waals surface area contributed by atoms with E-state index in [2.05, 4.69) is 9.71 Å². The Morgan fingerprint density at radius 3 is 2.81 bits per heavy atom. The van der Waals surface area contributed by atoms with Crippen LogP contribution in [0.15, 0.2) is 33.7 Å². The maximum atomic E-state index is 12.2. The number of nitrogens with zero attached hydrogens (tertiary/aromatic N) is 2. The molecule has 1 unspecified atom stereocenters. The van der Waals surface area contributed by atoms with E-state index in [4.69, 9.17) is 0 Å². The van der Waals surface area contributed by atoms with Gasteiger partial charge in [0.2, 0.25) is 0 Å². The van der Waals surface area contributed by atoms with Gasteiger partial charge in [-0.15, -0.1) is 15.7 Å². The second kappa shape index (κ2) is 5.98. The smallest absolute Gasteiger partial charge is 0.345 e. The molecule has 6 nitrogen and oxygen atoms in total. The van der Waals surface area contributed by atoms with E-state index in [-0.39, 0.29) is 17.5 Å². The molecule has 1 N–H and O–H groups in total. The third-order valence-electron chi connectivity index (χ3n) is 3.17. The van der Waals surface area contributed by atoms with Gasteiger partial charge in [0.25, 0.3) is 5.91 Å². The fourth-order valence-corrected chi connectivity index (χ4v) is 3.36. The van der Waals surface area contributed by atoms with Gasteiger partial charge < -0.3 is 5.32 Å². The number of nitrogens with one attached hydrogen (secondary N) is 1. The first kappa shape index (κ1) is 15.7. The number of hydrogen-bond donors (Lipinski definition) is 1. The van der Waals surface area contributed by atoms with Crippen molar-refractivity contribution in [3.8, 4) is 0 Å². The minimum Gasteiger partial charge on any atom is -0.348 e. The van der Waals surface area contributed by atoms with E-state index in [1.807, 2.05) is 19.2 Å². The lowest BCUT2D eigenvalue weighted by atomic mass is 10.2. The molecular weight excluding hydrogens is 310 g/mol. The Hall–Kier alpha value is -1.67. The summed E-state index contributed by atoms with van der Waals surface area (Å²) in [7, 11) is -2.55. The van der Waals surface area contributed by atoms with Crippen LogP contribution in [0.25, 0.3) is 0 Å². The molecule has 2 rings (SSSR count). The molecule has 0 saturated heterocycles. The van der Waals surface area contributed by atoms with Crippen LogP contribution in [-0.4, -0.2) is 37.4 Å². The highest BCUT2D eigenvalue weighted by atomic mass is 32.2. The number of thiophene rings is 1.